The van der Waals surface area contributed by atoms with E-state index in [1.165, 1.54) is 18.2 Å². The van der Waals surface area contributed by atoms with Crippen molar-refractivity contribution >= 4 is 17.5 Å². The van der Waals surface area contributed by atoms with Gasteiger partial charge < -0.3 is 14.8 Å². The number of rotatable bonds is 5. The maximum atomic E-state index is 13.8. The third kappa shape index (κ3) is 4.90. The van der Waals surface area contributed by atoms with Crippen LogP contribution in [0.15, 0.2) is 36.4 Å². The number of nitrogens with zero attached hydrogens (tertiary/aromatic N) is 1. The van der Waals surface area contributed by atoms with Crippen LogP contribution in [0, 0.1) is 5.82 Å². The van der Waals surface area contributed by atoms with Gasteiger partial charge in [-0.15, -0.1) is 0 Å². The Balaban J connectivity index is 1.60. The van der Waals surface area contributed by atoms with Crippen LogP contribution >= 0.6 is 11.6 Å². The summed E-state index contributed by atoms with van der Waals surface area (Å²) in [6.07, 6.45) is -0.000526. The maximum absolute atomic E-state index is 13.8. The number of ether oxygens (including phenoxy) is 2. The number of nitrogens with one attached hydrogen (secondary N) is 1. The highest BCUT2D eigenvalue weighted by molar-refractivity contribution is 6.31. The lowest BCUT2D eigenvalue weighted by Gasteiger charge is -2.21. The average molecular weight is 393 g/mol. The number of fused-ring (bicyclic) bond motifs is 1. The Hall–Kier alpha value is -2.31. The van der Waals surface area contributed by atoms with Crippen LogP contribution in [0.2, 0.25) is 5.02 Å². The van der Waals surface area contributed by atoms with Crippen LogP contribution in [0.1, 0.15) is 22.8 Å². The van der Waals surface area contributed by atoms with E-state index in [1.807, 2.05) is 25.1 Å². The second-order valence-corrected chi connectivity index (χ2v) is 6.95. The van der Waals surface area contributed by atoms with Gasteiger partial charge >= 0.3 is 0 Å². The van der Waals surface area contributed by atoms with Crippen molar-refractivity contribution in [2.24, 2.45) is 0 Å². The molecular formula is C20H22ClFN2O3. The number of carbonyl (C=O) groups is 1. The summed E-state index contributed by atoms with van der Waals surface area (Å²) in [5, 5.41) is 3.08. The Kier molecular flexibility index (Phi) is 6.19. The monoisotopic (exact) mass is 392 g/mol. The number of hydrogen-bond donors (Lipinski definition) is 1. The molecule has 144 valence electrons. The molecule has 7 heteroatoms. The summed E-state index contributed by atoms with van der Waals surface area (Å²) in [7, 11) is 1.62. The Morgan fingerprint density at radius 1 is 1.37 bits per heavy atom. The molecule has 0 saturated carbocycles. The zero-order valence-electron chi connectivity index (χ0n) is 15.3. The van der Waals surface area contributed by atoms with E-state index in [-0.39, 0.29) is 11.7 Å². The molecule has 2 aromatic carbocycles. The first-order valence-electron chi connectivity index (χ1n) is 8.75. The minimum absolute atomic E-state index is 0.000526. The van der Waals surface area contributed by atoms with Crippen molar-refractivity contribution in [2.45, 2.75) is 19.6 Å². The fraction of sp³-hybridized carbons (Fsp3) is 0.350. The molecule has 1 amide bonds. The number of amides is 1. The predicted molar refractivity (Wildman–Crippen MR) is 102 cm³/mol. The minimum Gasteiger partial charge on any atom is -0.497 e. The van der Waals surface area contributed by atoms with Gasteiger partial charge in [-0.2, -0.15) is 0 Å². The number of methoxy groups -OCH3 is 1. The van der Waals surface area contributed by atoms with E-state index in [2.05, 4.69) is 10.2 Å². The molecule has 0 fully saturated rings. The molecule has 1 heterocycles. The van der Waals surface area contributed by atoms with E-state index in [9.17, 15) is 9.18 Å². The zero-order valence-corrected chi connectivity index (χ0v) is 16.1. The molecule has 0 spiro atoms. The molecule has 27 heavy (non-hydrogen) atoms. The largest absolute Gasteiger partial charge is 0.497 e. The molecule has 0 saturated heterocycles. The fourth-order valence-electron chi connectivity index (χ4n) is 3.09. The topological polar surface area (TPSA) is 50.8 Å². The fourth-order valence-corrected chi connectivity index (χ4v) is 3.26. The van der Waals surface area contributed by atoms with E-state index in [0.717, 1.165) is 23.6 Å². The maximum Gasteiger partial charge on any atom is 0.254 e. The first-order chi connectivity index (χ1) is 13.0. The lowest BCUT2D eigenvalue weighted by Crippen LogP contribution is -2.38. The van der Waals surface area contributed by atoms with Gasteiger partial charge in [-0.3, -0.25) is 9.69 Å². The van der Waals surface area contributed by atoms with Gasteiger partial charge in [-0.1, -0.05) is 17.7 Å². The summed E-state index contributed by atoms with van der Waals surface area (Å²) in [6, 6.07) is 9.71. The second-order valence-electron chi connectivity index (χ2n) is 6.52. The van der Waals surface area contributed by atoms with Gasteiger partial charge in [-0.05, 0) is 31.2 Å². The quantitative estimate of drug-likeness (QED) is 0.846. The summed E-state index contributed by atoms with van der Waals surface area (Å²) >= 11 is 5.84. The van der Waals surface area contributed by atoms with Crippen molar-refractivity contribution < 1.29 is 18.7 Å². The summed E-state index contributed by atoms with van der Waals surface area (Å²) in [5.74, 6) is 0.510. The van der Waals surface area contributed by atoms with Crippen LogP contribution in [0.5, 0.6) is 11.5 Å². The molecule has 2 aromatic rings. The van der Waals surface area contributed by atoms with Gasteiger partial charge in [0.05, 0.1) is 12.7 Å². The van der Waals surface area contributed by atoms with Gasteiger partial charge in [0.15, 0.2) is 0 Å². The second kappa shape index (κ2) is 8.59. The standard InChI is InChI=1S/C20H22ClFN2O3/c1-13-11-24(12-14-3-5-16(26-2)10-19(14)27-13)8-7-23-20(25)17-9-15(21)4-6-18(17)22/h3-6,9-10,13H,7-8,11-12H2,1-2H3,(H,23,25)/t13-/m0/s1. The SMILES string of the molecule is COc1ccc2c(c1)O[C@@H](C)CN(CCNC(=O)c1cc(Cl)ccc1F)C2. The minimum atomic E-state index is -0.587. The molecule has 0 unspecified atom stereocenters. The van der Waals surface area contributed by atoms with E-state index in [4.69, 9.17) is 21.1 Å². The van der Waals surface area contributed by atoms with E-state index in [1.54, 1.807) is 7.11 Å². The Labute approximate surface area is 163 Å². The van der Waals surface area contributed by atoms with Crippen LogP contribution in [-0.4, -0.2) is 43.7 Å². The van der Waals surface area contributed by atoms with Gasteiger partial charge in [0.1, 0.15) is 23.4 Å². The molecule has 1 atom stereocenters. The summed E-state index contributed by atoms with van der Waals surface area (Å²) in [4.78, 5) is 14.4. The molecule has 0 bridgehead atoms. The molecule has 0 radical (unpaired) electrons. The van der Waals surface area contributed by atoms with Crippen molar-refractivity contribution in [2.75, 3.05) is 26.7 Å². The highest BCUT2D eigenvalue weighted by Gasteiger charge is 2.21. The molecule has 1 N–H and O–H groups in total. The molecule has 3 rings (SSSR count). The molecular weight excluding hydrogens is 371 g/mol. The van der Waals surface area contributed by atoms with E-state index < -0.39 is 11.7 Å². The Bertz CT molecular complexity index is 831. The third-order valence-electron chi connectivity index (χ3n) is 4.40. The first-order valence-corrected chi connectivity index (χ1v) is 9.13. The normalized spacial score (nSPS) is 16.8. The predicted octanol–water partition coefficient (Wildman–Crippen LogP) is 3.50. The summed E-state index contributed by atoms with van der Waals surface area (Å²) < 4.78 is 25.0. The molecule has 1 aliphatic heterocycles. The first kappa shape index (κ1) is 19.5. The molecule has 0 aliphatic carbocycles. The van der Waals surface area contributed by atoms with Crippen molar-refractivity contribution in [3.63, 3.8) is 0 Å². The third-order valence-corrected chi connectivity index (χ3v) is 4.63. The van der Waals surface area contributed by atoms with Crippen LogP contribution in [0.3, 0.4) is 0 Å². The Morgan fingerprint density at radius 3 is 2.96 bits per heavy atom. The van der Waals surface area contributed by atoms with Crippen molar-refractivity contribution in [3.8, 4) is 11.5 Å². The van der Waals surface area contributed by atoms with E-state index >= 15 is 0 Å². The van der Waals surface area contributed by atoms with Crippen LogP contribution in [-0.2, 0) is 6.54 Å². The van der Waals surface area contributed by atoms with Gasteiger partial charge in [-0.25, -0.2) is 4.39 Å². The summed E-state index contributed by atoms with van der Waals surface area (Å²) in [6.45, 7) is 4.43. The molecule has 5 nitrogen and oxygen atoms in total. The molecule has 0 aromatic heterocycles. The average Bonchev–Trinajstić information content (AvgIpc) is 2.80. The number of hydrogen-bond acceptors (Lipinski definition) is 4. The summed E-state index contributed by atoms with van der Waals surface area (Å²) in [5.41, 5.74) is 1.01. The lowest BCUT2D eigenvalue weighted by molar-refractivity contribution is 0.0940. The van der Waals surface area contributed by atoms with Gasteiger partial charge in [0.2, 0.25) is 0 Å². The van der Waals surface area contributed by atoms with Crippen LogP contribution in [0.25, 0.3) is 0 Å². The van der Waals surface area contributed by atoms with Crippen LogP contribution < -0.4 is 14.8 Å². The highest BCUT2D eigenvalue weighted by atomic mass is 35.5. The van der Waals surface area contributed by atoms with Crippen molar-refractivity contribution in [1.29, 1.82) is 0 Å². The number of halogens is 2. The number of benzene rings is 2. The van der Waals surface area contributed by atoms with E-state index in [0.29, 0.717) is 24.7 Å². The smallest absolute Gasteiger partial charge is 0.254 e. The zero-order chi connectivity index (χ0) is 19.4. The van der Waals surface area contributed by atoms with Crippen LogP contribution in [0.4, 0.5) is 4.39 Å². The molecule has 1 aliphatic rings. The van der Waals surface area contributed by atoms with Crippen molar-refractivity contribution in [3.05, 3.63) is 58.4 Å². The number of carbonyl (C=O) groups excluding carboxylic acids is 1. The lowest BCUT2D eigenvalue weighted by atomic mass is 10.2. The van der Waals surface area contributed by atoms with Gasteiger partial charge in [0, 0.05) is 42.8 Å². The van der Waals surface area contributed by atoms with Gasteiger partial charge in [0.25, 0.3) is 5.91 Å². The highest BCUT2D eigenvalue weighted by Crippen LogP contribution is 2.29. The Morgan fingerprint density at radius 2 is 2.19 bits per heavy atom. The van der Waals surface area contributed by atoms with Crippen molar-refractivity contribution in [1.82, 2.24) is 10.2 Å².